The maximum absolute atomic E-state index is 13.4. The second-order valence-corrected chi connectivity index (χ2v) is 17.1. The Morgan fingerprint density at radius 1 is 0.294 bits per heavy atom. The minimum absolute atomic E-state index is 0.162. The van der Waals surface area contributed by atoms with E-state index in [1.165, 1.54) is 238 Å². The van der Waals surface area contributed by atoms with Crippen LogP contribution in [0.1, 0.15) is 303 Å². The Labute approximate surface area is 323 Å². The SMILES string of the molecule is CCCCCCCCCCCCCCCCC(=O)C(O)(CCCCCCCCCCCCCCC)CCCCCCCCCCCCCCCC. The van der Waals surface area contributed by atoms with Crippen molar-refractivity contribution in [3.8, 4) is 0 Å². The molecule has 1 unspecified atom stereocenters. The lowest BCUT2D eigenvalue weighted by Crippen LogP contribution is -2.38. The Bertz CT molecular complexity index is 659. The number of ketones is 1. The number of hydrogen-bond donors (Lipinski definition) is 1. The van der Waals surface area contributed by atoms with Gasteiger partial charge in [0.25, 0.3) is 0 Å². The van der Waals surface area contributed by atoms with Crippen molar-refractivity contribution in [1.82, 2.24) is 0 Å². The number of aliphatic hydroxyl groups is 1. The number of unbranched alkanes of at least 4 members (excludes halogenated alkanes) is 38. The summed E-state index contributed by atoms with van der Waals surface area (Å²) in [5.41, 5.74) is -1.06. The van der Waals surface area contributed by atoms with Gasteiger partial charge in [0, 0.05) is 6.42 Å². The van der Waals surface area contributed by atoms with Crippen molar-refractivity contribution < 1.29 is 9.90 Å². The minimum Gasteiger partial charge on any atom is -0.382 e. The first-order chi connectivity index (χ1) is 25.1. The van der Waals surface area contributed by atoms with E-state index in [-0.39, 0.29) is 5.78 Å². The average molecular weight is 719 g/mol. The molecule has 0 aromatic carbocycles. The molecule has 51 heavy (non-hydrogen) atoms. The van der Waals surface area contributed by atoms with Crippen molar-refractivity contribution in [2.24, 2.45) is 0 Å². The van der Waals surface area contributed by atoms with Crippen LogP contribution in [-0.4, -0.2) is 16.5 Å². The van der Waals surface area contributed by atoms with Gasteiger partial charge in [-0.05, 0) is 19.3 Å². The van der Waals surface area contributed by atoms with Gasteiger partial charge in [0.2, 0.25) is 0 Å². The van der Waals surface area contributed by atoms with Crippen molar-refractivity contribution >= 4 is 5.78 Å². The minimum atomic E-state index is -1.06. The monoisotopic (exact) mass is 719 g/mol. The number of hydrogen-bond acceptors (Lipinski definition) is 2. The van der Waals surface area contributed by atoms with Crippen molar-refractivity contribution in [1.29, 1.82) is 0 Å². The predicted molar refractivity (Wildman–Crippen MR) is 230 cm³/mol. The summed E-state index contributed by atoms with van der Waals surface area (Å²) >= 11 is 0. The largest absolute Gasteiger partial charge is 0.382 e. The van der Waals surface area contributed by atoms with E-state index in [2.05, 4.69) is 20.8 Å². The Hall–Kier alpha value is -0.370. The standard InChI is InChI=1S/C49H98O2/c1-4-7-10-13-16-19-22-25-27-30-33-36-39-42-45-48(50)49(51,46-43-40-37-34-31-28-24-21-18-15-12-9-6-3)47-44-41-38-35-32-29-26-23-20-17-14-11-8-5-2/h51H,4-47H2,1-3H3. The van der Waals surface area contributed by atoms with Crippen LogP contribution in [0.2, 0.25) is 0 Å². The van der Waals surface area contributed by atoms with E-state index < -0.39 is 5.60 Å². The van der Waals surface area contributed by atoms with Crippen molar-refractivity contribution in [3.63, 3.8) is 0 Å². The molecule has 0 saturated carbocycles. The van der Waals surface area contributed by atoms with Gasteiger partial charge in [-0.25, -0.2) is 0 Å². The first kappa shape index (κ1) is 50.6. The summed E-state index contributed by atoms with van der Waals surface area (Å²) in [6, 6.07) is 0. The molecule has 0 amide bonds. The van der Waals surface area contributed by atoms with Crippen LogP contribution in [0.3, 0.4) is 0 Å². The van der Waals surface area contributed by atoms with E-state index in [0.29, 0.717) is 19.3 Å². The molecule has 0 aliphatic carbocycles. The fraction of sp³-hybridized carbons (Fsp3) is 0.980. The number of Topliss-reactive ketones (excluding diaryl/α,β-unsaturated/α-hetero) is 1. The van der Waals surface area contributed by atoms with Crippen molar-refractivity contribution in [2.75, 3.05) is 0 Å². The van der Waals surface area contributed by atoms with E-state index in [9.17, 15) is 9.90 Å². The molecule has 0 rings (SSSR count). The molecule has 0 spiro atoms. The molecule has 0 heterocycles. The lowest BCUT2D eigenvalue weighted by molar-refractivity contribution is -0.139. The zero-order chi connectivity index (χ0) is 37.2. The molecule has 2 nitrogen and oxygen atoms in total. The molecule has 2 heteroatoms. The van der Waals surface area contributed by atoms with Crippen LogP contribution in [-0.2, 0) is 4.79 Å². The van der Waals surface area contributed by atoms with Gasteiger partial charge in [-0.3, -0.25) is 4.79 Å². The first-order valence-corrected chi connectivity index (χ1v) is 24.4. The third-order valence-corrected chi connectivity index (χ3v) is 11.9. The van der Waals surface area contributed by atoms with Crippen LogP contribution in [0, 0.1) is 0 Å². The number of carbonyl (C=O) groups is 1. The van der Waals surface area contributed by atoms with Crippen molar-refractivity contribution in [2.45, 2.75) is 309 Å². The summed E-state index contributed by atoms with van der Waals surface area (Å²) in [6.07, 6.45) is 56.8. The molecule has 1 atom stereocenters. The molecule has 0 aromatic rings. The van der Waals surface area contributed by atoms with Crippen LogP contribution in [0.25, 0.3) is 0 Å². The molecular formula is C49H98O2. The van der Waals surface area contributed by atoms with Gasteiger partial charge in [0.1, 0.15) is 5.60 Å². The molecule has 0 bridgehead atoms. The molecular weight excluding hydrogens is 621 g/mol. The van der Waals surface area contributed by atoms with Gasteiger partial charge < -0.3 is 5.11 Å². The van der Waals surface area contributed by atoms with Crippen LogP contribution >= 0.6 is 0 Å². The molecule has 0 radical (unpaired) electrons. The Kier molecular flexibility index (Phi) is 42.1. The van der Waals surface area contributed by atoms with Gasteiger partial charge in [-0.15, -0.1) is 0 Å². The molecule has 0 aliphatic rings. The predicted octanol–water partition coefficient (Wildman–Crippen LogP) is 17.5. The summed E-state index contributed by atoms with van der Waals surface area (Å²) in [6.45, 7) is 6.88. The smallest absolute Gasteiger partial charge is 0.164 e. The summed E-state index contributed by atoms with van der Waals surface area (Å²) in [7, 11) is 0. The van der Waals surface area contributed by atoms with Crippen LogP contribution in [0.4, 0.5) is 0 Å². The molecule has 0 fully saturated rings. The summed E-state index contributed by atoms with van der Waals surface area (Å²) < 4.78 is 0. The van der Waals surface area contributed by atoms with E-state index in [0.717, 1.165) is 25.7 Å². The Morgan fingerprint density at radius 3 is 0.686 bits per heavy atom. The highest BCUT2D eigenvalue weighted by Gasteiger charge is 2.33. The maximum Gasteiger partial charge on any atom is 0.164 e. The first-order valence-electron chi connectivity index (χ1n) is 24.4. The number of rotatable bonds is 45. The molecule has 0 aromatic heterocycles. The lowest BCUT2D eigenvalue weighted by atomic mass is 9.84. The molecule has 0 saturated heterocycles. The number of carbonyl (C=O) groups excluding carboxylic acids is 1. The second kappa shape index (κ2) is 42.4. The normalized spacial score (nSPS) is 12.9. The zero-order valence-corrected chi connectivity index (χ0v) is 36.0. The summed E-state index contributed by atoms with van der Waals surface area (Å²) in [5, 5.41) is 11.7. The Balaban J connectivity index is 4.21. The maximum atomic E-state index is 13.4. The summed E-state index contributed by atoms with van der Waals surface area (Å²) in [5.74, 6) is 0.162. The van der Waals surface area contributed by atoms with E-state index in [1.54, 1.807) is 0 Å². The van der Waals surface area contributed by atoms with Crippen molar-refractivity contribution in [3.05, 3.63) is 0 Å². The van der Waals surface area contributed by atoms with Crippen LogP contribution in [0.15, 0.2) is 0 Å². The quantitative estimate of drug-likeness (QED) is 0.0637. The third kappa shape index (κ3) is 37.7. The van der Waals surface area contributed by atoms with Gasteiger partial charge in [0.15, 0.2) is 5.78 Å². The molecule has 306 valence electrons. The summed E-state index contributed by atoms with van der Waals surface area (Å²) in [4.78, 5) is 13.4. The average Bonchev–Trinajstić information content (AvgIpc) is 3.13. The van der Waals surface area contributed by atoms with Gasteiger partial charge >= 0.3 is 0 Å². The van der Waals surface area contributed by atoms with Gasteiger partial charge in [-0.1, -0.05) is 278 Å². The zero-order valence-electron chi connectivity index (χ0n) is 36.0. The van der Waals surface area contributed by atoms with E-state index in [4.69, 9.17) is 0 Å². The topological polar surface area (TPSA) is 37.3 Å². The van der Waals surface area contributed by atoms with Crippen LogP contribution in [0.5, 0.6) is 0 Å². The van der Waals surface area contributed by atoms with Gasteiger partial charge in [-0.2, -0.15) is 0 Å². The highest BCUT2D eigenvalue weighted by molar-refractivity contribution is 5.86. The van der Waals surface area contributed by atoms with E-state index >= 15 is 0 Å². The lowest BCUT2D eigenvalue weighted by Gasteiger charge is -2.27. The molecule has 1 N–H and O–H groups in total. The van der Waals surface area contributed by atoms with Crippen LogP contribution < -0.4 is 0 Å². The Morgan fingerprint density at radius 2 is 0.471 bits per heavy atom. The van der Waals surface area contributed by atoms with Gasteiger partial charge in [0.05, 0.1) is 0 Å². The second-order valence-electron chi connectivity index (χ2n) is 17.1. The third-order valence-electron chi connectivity index (χ3n) is 11.9. The fourth-order valence-electron chi connectivity index (χ4n) is 8.16. The van der Waals surface area contributed by atoms with E-state index in [1.807, 2.05) is 0 Å². The fourth-order valence-corrected chi connectivity index (χ4v) is 8.16. The highest BCUT2D eigenvalue weighted by atomic mass is 16.3. The molecule has 0 aliphatic heterocycles. The highest BCUT2D eigenvalue weighted by Crippen LogP contribution is 2.27.